The quantitative estimate of drug-likeness (QED) is 0.917. The van der Waals surface area contributed by atoms with Crippen molar-refractivity contribution >= 4 is 6.03 Å². The first kappa shape index (κ1) is 16.3. The summed E-state index contributed by atoms with van der Waals surface area (Å²) in [5, 5.41) is 3.27. The molecule has 0 bridgehead atoms. The van der Waals surface area contributed by atoms with Crippen LogP contribution in [0.5, 0.6) is 0 Å². The Hall–Kier alpha value is -1.59. The first-order valence-corrected chi connectivity index (χ1v) is 8.62. The highest BCUT2D eigenvalue weighted by molar-refractivity contribution is 5.75. The molecule has 1 aromatic carbocycles. The molecule has 0 saturated carbocycles. The largest absolute Gasteiger partial charge is 0.323 e. The molecule has 2 amide bonds. The Labute approximate surface area is 139 Å². The van der Waals surface area contributed by atoms with E-state index in [0.29, 0.717) is 12.1 Å². The zero-order valence-corrected chi connectivity index (χ0v) is 14.2. The van der Waals surface area contributed by atoms with Crippen molar-refractivity contribution in [2.24, 2.45) is 0 Å². The minimum Gasteiger partial charge on any atom is -0.323 e. The second kappa shape index (κ2) is 7.32. The van der Waals surface area contributed by atoms with Gasteiger partial charge < -0.3 is 15.1 Å². The highest BCUT2D eigenvalue weighted by Gasteiger charge is 2.33. The smallest absolute Gasteiger partial charge is 0.320 e. The van der Waals surface area contributed by atoms with Crippen LogP contribution in [0.3, 0.4) is 0 Å². The average molecular weight is 316 g/mol. The van der Waals surface area contributed by atoms with Gasteiger partial charge in [0, 0.05) is 51.9 Å². The van der Waals surface area contributed by atoms with E-state index in [1.165, 1.54) is 5.56 Å². The van der Waals surface area contributed by atoms with Gasteiger partial charge in [0.25, 0.3) is 0 Å². The lowest BCUT2D eigenvalue weighted by atomic mass is 10.2. The summed E-state index contributed by atoms with van der Waals surface area (Å²) in [6.45, 7) is 4.72. The number of hydrogen-bond acceptors (Lipinski definition) is 3. The molecule has 23 heavy (non-hydrogen) atoms. The zero-order chi connectivity index (χ0) is 16.2. The fourth-order valence-electron chi connectivity index (χ4n) is 3.66. The minimum absolute atomic E-state index is 0.189. The van der Waals surface area contributed by atoms with Gasteiger partial charge in [-0.05, 0) is 25.5 Å². The standard InChI is InChI=1S/C18H28N4O/c1-19-16-8-11-22(13-16)18(23)20(2)17-9-10-21(14-17)12-15-6-4-3-5-7-15/h3-7,16-17,19H,8-14H2,1-2H3. The molecule has 5 nitrogen and oxygen atoms in total. The van der Waals surface area contributed by atoms with E-state index in [0.717, 1.165) is 45.6 Å². The second-order valence-electron chi connectivity index (χ2n) is 6.78. The van der Waals surface area contributed by atoms with E-state index in [1.54, 1.807) is 0 Å². The fraction of sp³-hybridized carbons (Fsp3) is 0.611. The van der Waals surface area contributed by atoms with Gasteiger partial charge in [0.15, 0.2) is 0 Å². The van der Waals surface area contributed by atoms with Crippen molar-refractivity contribution < 1.29 is 4.79 Å². The van der Waals surface area contributed by atoms with Crippen molar-refractivity contribution in [3.05, 3.63) is 35.9 Å². The number of hydrogen-bond donors (Lipinski definition) is 1. The van der Waals surface area contributed by atoms with E-state index >= 15 is 0 Å². The van der Waals surface area contributed by atoms with Crippen LogP contribution in [0.15, 0.2) is 30.3 Å². The van der Waals surface area contributed by atoms with Gasteiger partial charge >= 0.3 is 6.03 Å². The number of urea groups is 1. The lowest BCUT2D eigenvalue weighted by Gasteiger charge is -2.29. The highest BCUT2D eigenvalue weighted by Crippen LogP contribution is 2.20. The molecule has 0 aliphatic carbocycles. The third-order valence-electron chi connectivity index (χ3n) is 5.21. The average Bonchev–Trinajstić information content (AvgIpc) is 3.23. The normalized spacial score (nSPS) is 25.0. The Morgan fingerprint density at radius 3 is 2.70 bits per heavy atom. The summed E-state index contributed by atoms with van der Waals surface area (Å²) in [6.07, 6.45) is 2.12. The summed E-state index contributed by atoms with van der Waals surface area (Å²) >= 11 is 0. The molecule has 0 aromatic heterocycles. The molecule has 5 heteroatoms. The van der Waals surface area contributed by atoms with E-state index in [9.17, 15) is 4.79 Å². The van der Waals surface area contributed by atoms with Crippen LogP contribution in [-0.2, 0) is 6.54 Å². The molecule has 2 saturated heterocycles. The SMILES string of the molecule is CNC1CCN(C(=O)N(C)C2CCN(Cc3ccccc3)C2)C1. The Bertz CT molecular complexity index is 521. The molecule has 3 rings (SSSR count). The van der Waals surface area contributed by atoms with Gasteiger partial charge in [-0.15, -0.1) is 0 Å². The van der Waals surface area contributed by atoms with Gasteiger partial charge in [-0.1, -0.05) is 30.3 Å². The molecule has 2 heterocycles. The Balaban J connectivity index is 1.51. The van der Waals surface area contributed by atoms with E-state index in [1.807, 2.05) is 23.9 Å². The summed E-state index contributed by atoms with van der Waals surface area (Å²) in [5.74, 6) is 0. The van der Waals surface area contributed by atoms with Gasteiger partial charge in [-0.25, -0.2) is 4.79 Å². The molecule has 2 aliphatic rings. The summed E-state index contributed by atoms with van der Waals surface area (Å²) in [4.78, 5) is 19.1. The van der Waals surface area contributed by atoms with E-state index in [-0.39, 0.29) is 6.03 Å². The number of rotatable bonds is 4. The fourth-order valence-corrected chi connectivity index (χ4v) is 3.66. The molecule has 2 unspecified atom stereocenters. The van der Waals surface area contributed by atoms with Gasteiger partial charge in [0.2, 0.25) is 0 Å². The Kier molecular flexibility index (Phi) is 5.18. The highest BCUT2D eigenvalue weighted by atomic mass is 16.2. The summed E-state index contributed by atoms with van der Waals surface area (Å²) in [7, 11) is 3.94. The minimum atomic E-state index is 0.189. The van der Waals surface area contributed by atoms with Crippen molar-refractivity contribution in [3.63, 3.8) is 0 Å². The Morgan fingerprint density at radius 2 is 2.00 bits per heavy atom. The predicted octanol–water partition coefficient (Wildman–Crippen LogP) is 1.61. The third kappa shape index (κ3) is 3.85. The molecular weight excluding hydrogens is 288 g/mol. The maximum absolute atomic E-state index is 12.7. The molecule has 1 aromatic rings. The molecule has 0 radical (unpaired) electrons. The number of likely N-dealkylation sites (tertiary alicyclic amines) is 2. The number of amides is 2. The number of nitrogens with zero attached hydrogens (tertiary/aromatic N) is 3. The van der Waals surface area contributed by atoms with Gasteiger partial charge in [0.1, 0.15) is 0 Å². The number of benzene rings is 1. The number of carbonyl (C=O) groups is 1. The number of carbonyl (C=O) groups excluding carboxylic acids is 1. The van der Waals surface area contributed by atoms with Crippen LogP contribution < -0.4 is 5.32 Å². The van der Waals surface area contributed by atoms with Crippen LogP contribution in [-0.4, -0.2) is 73.1 Å². The number of likely N-dealkylation sites (N-methyl/N-ethyl adjacent to an activating group) is 2. The van der Waals surface area contributed by atoms with Gasteiger partial charge in [-0.2, -0.15) is 0 Å². The van der Waals surface area contributed by atoms with E-state index in [2.05, 4.69) is 40.5 Å². The van der Waals surface area contributed by atoms with Gasteiger partial charge in [-0.3, -0.25) is 4.90 Å². The van der Waals surface area contributed by atoms with Crippen molar-refractivity contribution in [1.29, 1.82) is 0 Å². The summed E-state index contributed by atoms with van der Waals surface area (Å²) in [5.41, 5.74) is 1.35. The van der Waals surface area contributed by atoms with Crippen LogP contribution in [0.4, 0.5) is 4.79 Å². The van der Waals surface area contributed by atoms with Crippen LogP contribution in [0.1, 0.15) is 18.4 Å². The topological polar surface area (TPSA) is 38.8 Å². The van der Waals surface area contributed by atoms with Crippen molar-refractivity contribution in [1.82, 2.24) is 20.0 Å². The first-order valence-electron chi connectivity index (χ1n) is 8.62. The lowest BCUT2D eigenvalue weighted by Crippen LogP contribution is -2.46. The van der Waals surface area contributed by atoms with Crippen LogP contribution >= 0.6 is 0 Å². The van der Waals surface area contributed by atoms with Crippen LogP contribution in [0.2, 0.25) is 0 Å². The monoisotopic (exact) mass is 316 g/mol. The maximum Gasteiger partial charge on any atom is 0.320 e. The molecule has 2 fully saturated rings. The van der Waals surface area contributed by atoms with Crippen LogP contribution in [0.25, 0.3) is 0 Å². The molecular formula is C18H28N4O. The maximum atomic E-state index is 12.7. The van der Waals surface area contributed by atoms with Crippen LogP contribution in [0, 0.1) is 0 Å². The van der Waals surface area contributed by atoms with Crippen molar-refractivity contribution in [2.75, 3.05) is 40.3 Å². The van der Waals surface area contributed by atoms with Crippen molar-refractivity contribution in [3.8, 4) is 0 Å². The molecule has 0 spiro atoms. The Morgan fingerprint density at radius 1 is 1.22 bits per heavy atom. The van der Waals surface area contributed by atoms with E-state index < -0.39 is 0 Å². The molecule has 2 atom stereocenters. The number of nitrogens with one attached hydrogen (secondary N) is 1. The van der Waals surface area contributed by atoms with Gasteiger partial charge in [0.05, 0.1) is 0 Å². The third-order valence-corrected chi connectivity index (χ3v) is 5.21. The summed E-state index contributed by atoms with van der Waals surface area (Å²) < 4.78 is 0. The molecule has 1 N–H and O–H groups in total. The second-order valence-corrected chi connectivity index (χ2v) is 6.78. The molecule has 126 valence electrons. The zero-order valence-electron chi connectivity index (χ0n) is 14.2. The molecule has 2 aliphatic heterocycles. The van der Waals surface area contributed by atoms with Crippen molar-refractivity contribution in [2.45, 2.75) is 31.5 Å². The lowest BCUT2D eigenvalue weighted by molar-refractivity contribution is 0.154. The van der Waals surface area contributed by atoms with E-state index in [4.69, 9.17) is 0 Å². The predicted molar refractivity (Wildman–Crippen MR) is 92.3 cm³/mol. The summed E-state index contributed by atoms with van der Waals surface area (Å²) in [6, 6.07) is 11.5. The first-order chi connectivity index (χ1) is 11.2.